The third kappa shape index (κ3) is 4.22. The van der Waals surface area contributed by atoms with Crippen molar-refractivity contribution in [1.82, 2.24) is 14.8 Å². The molecule has 0 bridgehead atoms. The van der Waals surface area contributed by atoms with Crippen LogP contribution < -0.4 is 5.32 Å². The van der Waals surface area contributed by atoms with Crippen molar-refractivity contribution >= 4 is 22.5 Å². The Bertz CT molecular complexity index is 1390. The molecule has 0 amide bonds. The van der Waals surface area contributed by atoms with E-state index in [1.165, 1.54) is 0 Å². The van der Waals surface area contributed by atoms with Crippen molar-refractivity contribution in [2.45, 2.75) is 26.3 Å². The minimum atomic E-state index is -0.0633. The molecule has 0 fully saturated rings. The Morgan fingerprint density at radius 1 is 1.00 bits per heavy atom. The smallest absolute Gasteiger partial charge is 0.197 e. The molecular weight excluding hydrogens is 424 g/mol. The minimum Gasteiger partial charge on any atom is -0.467 e. The molecule has 1 N–H and O–H groups in total. The standard InChI is InChI=1S/C28H26N4O2/c1-2-3-16-29-26-23-18-30-32(19-22-15-10-17-34-22)28(23)31-25(20-11-6-4-7-12-20)24(26)27(33)21-13-8-5-9-14-21/h4-15,17-18H,2-3,16,19H2,1H3,(H,29,31). The highest BCUT2D eigenvalue weighted by Gasteiger charge is 2.25. The van der Waals surface area contributed by atoms with E-state index in [4.69, 9.17) is 9.40 Å². The van der Waals surface area contributed by atoms with E-state index in [0.717, 1.165) is 41.8 Å². The molecular formula is C28H26N4O2. The van der Waals surface area contributed by atoms with Gasteiger partial charge in [-0.05, 0) is 18.6 Å². The van der Waals surface area contributed by atoms with Gasteiger partial charge in [-0.1, -0.05) is 74.0 Å². The number of carbonyl (C=O) groups is 1. The molecule has 3 heterocycles. The summed E-state index contributed by atoms with van der Waals surface area (Å²) in [6, 6.07) is 23.0. The molecule has 6 heteroatoms. The van der Waals surface area contributed by atoms with Crippen LogP contribution in [0.2, 0.25) is 0 Å². The van der Waals surface area contributed by atoms with Crippen LogP contribution in [0.3, 0.4) is 0 Å². The first-order valence-corrected chi connectivity index (χ1v) is 11.6. The van der Waals surface area contributed by atoms with Gasteiger partial charge in [0, 0.05) is 17.7 Å². The van der Waals surface area contributed by atoms with Crippen molar-refractivity contribution in [1.29, 1.82) is 0 Å². The number of pyridine rings is 1. The number of hydrogen-bond donors (Lipinski definition) is 1. The Morgan fingerprint density at radius 2 is 1.76 bits per heavy atom. The van der Waals surface area contributed by atoms with Gasteiger partial charge in [-0.2, -0.15) is 5.10 Å². The maximum absolute atomic E-state index is 13.9. The zero-order chi connectivity index (χ0) is 23.3. The lowest BCUT2D eigenvalue weighted by atomic mass is 9.95. The van der Waals surface area contributed by atoms with Gasteiger partial charge in [-0.3, -0.25) is 4.79 Å². The predicted octanol–water partition coefficient (Wildman–Crippen LogP) is 6.18. The first-order chi connectivity index (χ1) is 16.8. The second-order valence-corrected chi connectivity index (χ2v) is 8.17. The lowest BCUT2D eigenvalue weighted by Gasteiger charge is -2.17. The number of fused-ring (bicyclic) bond motifs is 1. The van der Waals surface area contributed by atoms with E-state index in [1.807, 2.05) is 77.5 Å². The molecule has 6 nitrogen and oxygen atoms in total. The van der Waals surface area contributed by atoms with Gasteiger partial charge in [-0.25, -0.2) is 9.67 Å². The summed E-state index contributed by atoms with van der Waals surface area (Å²) >= 11 is 0. The van der Waals surface area contributed by atoms with Crippen LogP contribution >= 0.6 is 0 Å². The molecule has 0 spiro atoms. The van der Waals surface area contributed by atoms with E-state index < -0.39 is 0 Å². The van der Waals surface area contributed by atoms with Crippen LogP contribution in [-0.4, -0.2) is 27.1 Å². The van der Waals surface area contributed by atoms with Crippen LogP contribution in [0.15, 0.2) is 89.7 Å². The average molecular weight is 451 g/mol. The quantitative estimate of drug-likeness (QED) is 0.214. The molecule has 0 saturated heterocycles. The lowest BCUT2D eigenvalue weighted by Crippen LogP contribution is -2.13. The second-order valence-electron chi connectivity index (χ2n) is 8.17. The van der Waals surface area contributed by atoms with E-state index in [-0.39, 0.29) is 5.78 Å². The molecule has 5 aromatic rings. The van der Waals surface area contributed by atoms with Gasteiger partial charge in [0.2, 0.25) is 0 Å². The fraction of sp³-hybridized carbons (Fsp3) is 0.179. The zero-order valence-corrected chi connectivity index (χ0v) is 19.1. The molecule has 0 saturated carbocycles. The average Bonchev–Trinajstić information content (AvgIpc) is 3.55. The largest absolute Gasteiger partial charge is 0.467 e. The number of ketones is 1. The summed E-state index contributed by atoms with van der Waals surface area (Å²) in [6.45, 7) is 3.36. The highest BCUT2D eigenvalue weighted by molar-refractivity contribution is 6.19. The van der Waals surface area contributed by atoms with E-state index in [1.54, 1.807) is 12.5 Å². The number of hydrogen-bond acceptors (Lipinski definition) is 5. The molecule has 170 valence electrons. The summed E-state index contributed by atoms with van der Waals surface area (Å²) in [5, 5.41) is 8.98. The summed E-state index contributed by atoms with van der Waals surface area (Å²) in [6.07, 6.45) is 5.48. The van der Waals surface area contributed by atoms with E-state index in [9.17, 15) is 4.79 Å². The molecule has 0 unspecified atom stereocenters. The first-order valence-electron chi connectivity index (χ1n) is 11.6. The molecule has 0 aliphatic rings. The molecule has 3 aromatic heterocycles. The van der Waals surface area contributed by atoms with Gasteiger partial charge in [0.15, 0.2) is 11.4 Å². The number of benzene rings is 2. The SMILES string of the molecule is CCCCNc1c(C(=O)c2ccccc2)c(-c2ccccc2)nc2c1cnn2Cc1ccco1. The molecule has 2 aromatic carbocycles. The van der Waals surface area contributed by atoms with Crippen LogP contribution in [0.25, 0.3) is 22.3 Å². The lowest BCUT2D eigenvalue weighted by molar-refractivity contribution is 0.104. The number of aromatic nitrogens is 3. The van der Waals surface area contributed by atoms with Gasteiger partial charge in [0.1, 0.15) is 12.3 Å². The van der Waals surface area contributed by atoms with Crippen molar-refractivity contribution in [2.75, 3.05) is 11.9 Å². The van der Waals surface area contributed by atoms with Crippen molar-refractivity contribution in [3.05, 3.63) is 102 Å². The van der Waals surface area contributed by atoms with Crippen LogP contribution in [0.5, 0.6) is 0 Å². The Hall–Kier alpha value is -4.19. The Balaban J connectivity index is 1.75. The van der Waals surface area contributed by atoms with Gasteiger partial charge in [-0.15, -0.1) is 0 Å². The number of anilines is 1. The van der Waals surface area contributed by atoms with E-state index >= 15 is 0 Å². The summed E-state index contributed by atoms with van der Waals surface area (Å²) in [5.74, 6) is 0.727. The summed E-state index contributed by atoms with van der Waals surface area (Å²) < 4.78 is 7.36. The third-order valence-corrected chi connectivity index (χ3v) is 5.81. The molecule has 0 aliphatic carbocycles. The number of nitrogens with one attached hydrogen (secondary N) is 1. The molecule has 0 aliphatic heterocycles. The van der Waals surface area contributed by atoms with Gasteiger partial charge in [0.25, 0.3) is 0 Å². The first kappa shape index (κ1) is 21.6. The highest BCUT2D eigenvalue weighted by Crippen LogP contribution is 2.36. The number of nitrogens with zero attached hydrogens (tertiary/aromatic N) is 3. The second kappa shape index (κ2) is 9.75. The van der Waals surface area contributed by atoms with Crippen LogP contribution in [0.1, 0.15) is 41.4 Å². The molecule has 0 atom stereocenters. The van der Waals surface area contributed by atoms with Crippen LogP contribution in [0, 0.1) is 0 Å². The summed E-state index contributed by atoms with van der Waals surface area (Å²) in [5.41, 5.74) is 4.20. The monoisotopic (exact) mass is 450 g/mol. The third-order valence-electron chi connectivity index (χ3n) is 5.81. The van der Waals surface area contributed by atoms with Crippen molar-refractivity contribution in [3.63, 3.8) is 0 Å². The summed E-state index contributed by atoms with van der Waals surface area (Å²) in [7, 11) is 0. The zero-order valence-electron chi connectivity index (χ0n) is 19.1. The number of furan rings is 1. The minimum absolute atomic E-state index is 0.0633. The fourth-order valence-electron chi connectivity index (χ4n) is 4.09. The van der Waals surface area contributed by atoms with Gasteiger partial charge >= 0.3 is 0 Å². The predicted molar refractivity (Wildman–Crippen MR) is 134 cm³/mol. The van der Waals surface area contributed by atoms with Crippen molar-refractivity contribution in [3.8, 4) is 11.3 Å². The number of unbranched alkanes of at least 4 members (excludes halogenated alkanes) is 1. The van der Waals surface area contributed by atoms with Crippen LogP contribution in [-0.2, 0) is 6.54 Å². The fourth-order valence-corrected chi connectivity index (χ4v) is 4.09. The summed E-state index contributed by atoms with van der Waals surface area (Å²) in [4.78, 5) is 18.9. The normalized spacial score (nSPS) is 11.1. The Kier molecular flexibility index (Phi) is 6.21. The molecule has 5 rings (SSSR count). The number of carbonyl (C=O) groups excluding carboxylic acids is 1. The topological polar surface area (TPSA) is 73.0 Å². The number of rotatable bonds is 9. The van der Waals surface area contributed by atoms with Gasteiger partial charge in [0.05, 0.1) is 34.8 Å². The van der Waals surface area contributed by atoms with E-state index in [0.29, 0.717) is 29.0 Å². The maximum atomic E-state index is 13.9. The van der Waals surface area contributed by atoms with Crippen molar-refractivity contribution in [2.24, 2.45) is 0 Å². The molecule has 0 radical (unpaired) electrons. The van der Waals surface area contributed by atoms with Crippen molar-refractivity contribution < 1.29 is 9.21 Å². The Labute approximate surface area is 198 Å². The Morgan fingerprint density at radius 3 is 2.47 bits per heavy atom. The maximum Gasteiger partial charge on any atom is 0.197 e. The highest BCUT2D eigenvalue weighted by atomic mass is 16.3. The molecule has 34 heavy (non-hydrogen) atoms. The van der Waals surface area contributed by atoms with Gasteiger partial charge < -0.3 is 9.73 Å². The van der Waals surface area contributed by atoms with E-state index in [2.05, 4.69) is 17.3 Å². The van der Waals surface area contributed by atoms with Crippen LogP contribution in [0.4, 0.5) is 5.69 Å².